The molecule has 0 unspecified atom stereocenters. The number of hydrazine groups is 1. The molecule has 0 saturated carbocycles. The molecule has 0 aliphatic carbocycles. The summed E-state index contributed by atoms with van der Waals surface area (Å²) >= 11 is 0. The standard InChI is InChI=1S/C7H18N4/c1-9-2-3-10-4-6-11(8)7-5-10/h9H,2-8H2,1H3. The molecule has 66 valence electrons. The van der Waals surface area contributed by atoms with Gasteiger partial charge in [-0.05, 0) is 7.05 Å². The fraction of sp³-hybridized carbons (Fsp3) is 1.00. The maximum atomic E-state index is 5.62. The van der Waals surface area contributed by atoms with Gasteiger partial charge in [-0.2, -0.15) is 0 Å². The van der Waals surface area contributed by atoms with Crippen LogP contribution in [0.1, 0.15) is 0 Å². The lowest BCUT2D eigenvalue weighted by atomic mass is 10.3. The first-order valence-corrected chi connectivity index (χ1v) is 4.19. The maximum absolute atomic E-state index is 5.62. The van der Waals surface area contributed by atoms with Gasteiger partial charge in [-0.25, -0.2) is 5.01 Å². The number of hydrogen-bond acceptors (Lipinski definition) is 4. The van der Waals surface area contributed by atoms with Gasteiger partial charge in [0.2, 0.25) is 0 Å². The van der Waals surface area contributed by atoms with Gasteiger partial charge >= 0.3 is 0 Å². The molecule has 0 bridgehead atoms. The monoisotopic (exact) mass is 158 g/mol. The number of piperazine rings is 1. The zero-order valence-electron chi connectivity index (χ0n) is 7.21. The molecule has 1 fully saturated rings. The Hall–Kier alpha value is -0.160. The van der Waals surface area contributed by atoms with E-state index in [0.29, 0.717) is 0 Å². The third kappa shape index (κ3) is 3.16. The van der Waals surface area contributed by atoms with Crippen LogP contribution in [-0.4, -0.2) is 56.2 Å². The Morgan fingerprint density at radius 2 is 1.91 bits per heavy atom. The third-order valence-electron chi connectivity index (χ3n) is 2.08. The van der Waals surface area contributed by atoms with Crippen LogP contribution in [0.4, 0.5) is 0 Å². The van der Waals surface area contributed by atoms with Crippen LogP contribution in [0.25, 0.3) is 0 Å². The van der Waals surface area contributed by atoms with Crippen molar-refractivity contribution in [3.8, 4) is 0 Å². The first-order valence-electron chi connectivity index (χ1n) is 4.19. The molecule has 0 aromatic heterocycles. The molecule has 0 spiro atoms. The van der Waals surface area contributed by atoms with Crippen molar-refractivity contribution in [2.75, 3.05) is 46.3 Å². The van der Waals surface area contributed by atoms with E-state index in [0.717, 1.165) is 39.3 Å². The molecule has 1 aliphatic heterocycles. The molecule has 4 heteroatoms. The highest BCUT2D eigenvalue weighted by Gasteiger charge is 2.12. The van der Waals surface area contributed by atoms with Crippen LogP contribution in [0.5, 0.6) is 0 Å². The number of hydrogen-bond donors (Lipinski definition) is 2. The van der Waals surface area contributed by atoms with Crippen molar-refractivity contribution in [3.63, 3.8) is 0 Å². The van der Waals surface area contributed by atoms with Crippen molar-refractivity contribution < 1.29 is 0 Å². The zero-order chi connectivity index (χ0) is 8.10. The minimum absolute atomic E-state index is 1.00. The molecule has 0 amide bonds. The van der Waals surface area contributed by atoms with Crippen LogP contribution < -0.4 is 11.2 Å². The molecular weight excluding hydrogens is 140 g/mol. The first kappa shape index (κ1) is 8.93. The number of rotatable bonds is 3. The number of likely N-dealkylation sites (N-methyl/N-ethyl adjacent to an activating group) is 1. The van der Waals surface area contributed by atoms with Crippen LogP contribution in [-0.2, 0) is 0 Å². The van der Waals surface area contributed by atoms with E-state index in [1.807, 2.05) is 12.1 Å². The molecule has 1 aliphatic rings. The molecule has 1 heterocycles. The minimum Gasteiger partial charge on any atom is -0.318 e. The summed E-state index contributed by atoms with van der Waals surface area (Å²) < 4.78 is 0. The summed E-state index contributed by atoms with van der Waals surface area (Å²) in [5.74, 6) is 5.62. The quantitative estimate of drug-likeness (QED) is 0.501. The number of nitrogens with one attached hydrogen (secondary N) is 1. The lowest BCUT2D eigenvalue weighted by Gasteiger charge is -2.31. The van der Waals surface area contributed by atoms with Crippen molar-refractivity contribution in [2.45, 2.75) is 0 Å². The van der Waals surface area contributed by atoms with Crippen LogP contribution in [0.15, 0.2) is 0 Å². The Bertz CT molecular complexity index is 95.9. The van der Waals surface area contributed by atoms with E-state index in [1.165, 1.54) is 0 Å². The molecule has 3 N–H and O–H groups in total. The fourth-order valence-corrected chi connectivity index (χ4v) is 1.26. The van der Waals surface area contributed by atoms with Crippen molar-refractivity contribution >= 4 is 0 Å². The second kappa shape index (κ2) is 4.66. The Balaban J connectivity index is 2.07. The normalized spacial score (nSPS) is 22.4. The summed E-state index contributed by atoms with van der Waals surface area (Å²) in [5, 5.41) is 5.02. The van der Waals surface area contributed by atoms with Gasteiger partial charge in [0.25, 0.3) is 0 Å². The molecule has 11 heavy (non-hydrogen) atoms. The van der Waals surface area contributed by atoms with Crippen LogP contribution in [0.3, 0.4) is 0 Å². The van der Waals surface area contributed by atoms with Crippen LogP contribution >= 0.6 is 0 Å². The predicted molar refractivity (Wildman–Crippen MR) is 46.1 cm³/mol. The van der Waals surface area contributed by atoms with Crippen molar-refractivity contribution in [1.82, 2.24) is 15.2 Å². The summed E-state index contributed by atoms with van der Waals surface area (Å²) in [5.41, 5.74) is 0. The summed E-state index contributed by atoms with van der Waals surface area (Å²) in [6, 6.07) is 0. The lowest BCUT2D eigenvalue weighted by molar-refractivity contribution is 0.135. The van der Waals surface area contributed by atoms with E-state index in [2.05, 4.69) is 10.2 Å². The van der Waals surface area contributed by atoms with Gasteiger partial charge < -0.3 is 5.32 Å². The highest BCUT2D eigenvalue weighted by Crippen LogP contribution is 1.95. The first-order chi connectivity index (χ1) is 5.33. The highest BCUT2D eigenvalue weighted by atomic mass is 15.4. The molecule has 0 aromatic carbocycles. The van der Waals surface area contributed by atoms with Crippen molar-refractivity contribution in [1.29, 1.82) is 0 Å². The topological polar surface area (TPSA) is 44.5 Å². The Labute approximate surface area is 68.3 Å². The second-order valence-electron chi connectivity index (χ2n) is 2.98. The van der Waals surface area contributed by atoms with E-state index in [9.17, 15) is 0 Å². The fourth-order valence-electron chi connectivity index (χ4n) is 1.26. The lowest BCUT2D eigenvalue weighted by Crippen LogP contribution is -2.50. The smallest absolute Gasteiger partial charge is 0.0257 e. The maximum Gasteiger partial charge on any atom is 0.0257 e. The van der Waals surface area contributed by atoms with E-state index in [4.69, 9.17) is 5.84 Å². The van der Waals surface area contributed by atoms with Gasteiger partial charge in [0.05, 0.1) is 0 Å². The van der Waals surface area contributed by atoms with E-state index in [-0.39, 0.29) is 0 Å². The second-order valence-corrected chi connectivity index (χ2v) is 2.98. The zero-order valence-corrected chi connectivity index (χ0v) is 7.21. The van der Waals surface area contributed by atoms with Crippen molar-refractivity contribution in [2.24, 2.45) is 5.84 Å². The minimum atomic E-state index is 1.00. The number of nitrogens with zero attached hydrogens (tertiary/aromatic N) is 2. The average Bonchev–Trinajstić information content (AvgIpc) is 2.04. The average molecular weight is 158 g/mol. The molecule has 1 saturated heterocycles. The van der Waals surface area contributed by atoms with Crippen LogP contribution in [0, 0.1) is 0 Å². The van der Waals surface area contributed by atoms with Gasteiger partial charge in [-0.15, -0.1) is 0 Å². The highest BCUT2D eigenvalue weighted by molar-refractivity contribution is 4.68. The Kier molecular flexibility index (Phi) is 3.79. The van der Waals surface area contributed by atoms with E-state index in [1.54, 1.807) is 0 Å². The van der Waals surface area contributed by atoms with Gasteiger partial charge in [0.1, 0.15) is 0 Å². The van der Waals surface area contributed by atoms with Gasteiger partial charge in [0, 0.05) is 39.3 Å². The molecule has 0 radical (unpaired) electrons. The summed E-state index contributed by atoms with van der Waals surface area (Å²) in [6.07, 6.45) is 0. The molecule has 4 nitrogen and oxygen atoms in total. The molecule has 0 aromatic rings. The van der Waals surface area contributed by atoms with Gasteiger partial charge in [-0.3, -0.25) is 10.7 Å². The van der Waals surface area contributed by atoms with Crippen molar-refractivity contribution in [3.05, 3.63) is 0 Å². The van der Waals surface area contributed by atoms with Gasteiger partial charge in [0.15, 0.2) is 0 Å². The molecule has 0 atom stereocenters. The largest absolute Gasteiger partial charge is 0.318 e. The summed E-state index contributed by atoms with van der Waals surface area (Å²) in [6.45, 7) is 6.44. The SMILES string of the molecule is CNCCN1CCN(N)CC1. The Morgan fingerprint density at radius 1 is 1.27 bits per heavy atom. The predicted octanol–water partition coefficient (Wildman–Crippen LogP) is -1.30. The molecular formula is C7H18N4. The van der Waals surface area contributed by atoms with Gasteiger partial charge in [-0.1, -0.05) is 0 Å². The van der Waals surface area contributed by atoms with E-state index >= 15 is 0 Å². The van der Waals surface area contributed by atoms with E-state index < -0.39 is 0 Å². The molecule has 1 rings (SSSR count). The third-order valence-corrected chi connectivity index (χ3v) is 2.08. The summed E-state index contributed by atoms with van der Waals surface area (Å²) in [7, 11) is 1.99. The summed E-state index contributed by atoms with van der Waals surface area (Å²) in [4.78, 5) is 2.43. The number of nitrogens with two attached hydrogens (primary N) is 1. The Morgan fingerprint density at radius 3 is 2.45 bits per heavy atom. The van der Waals surface area contributed by atoms with Crippen LogP contribution in [0.2, 0.25) is 0 Å².